The van der Waals surface area contributed by atoms with E-state index in [1.54, 1.807) is 0 Å². The molecule has 1 saturated heterocycles. The van der Waals surface area contributed by atoms with E-state index in [1.807, 2.05) is 19.1 Å². The molecule has 0 saturated carbocycles. The molecule has 0 aliphatic carbocycles. The fourth-order valence-corrected chi connectivity index (χ4v) is 2.94. The Labute approximate surface area is 135 Å². The van der Waals surface area contributed by atoms with Crippen LogP contribution in [0.4, 0.5) is 0 Å². The lowest BCUT2D eigenvalue weighted by molar-refractivity contribution is 0.183. The van der Waals surface area contributed by atoms with Gasteiger partial charge in [0.05, 0.1) is 0 Å². The van der Waals surface area contributed by atoms with Gasteiger partial charge in [-0.05, 0) is 31.5 Å². The lowest BCUT2D eigenvalue weighted by Gasteiger charge is -2.33. The molecule has 0 amide bonds. The van der Waals surface area contributed by atoms with E-state index in [4.69, 9.17) is 0 Å². The lowest BCUT2D eigenvalue weighted by Crippen LogP contribution is -2.44. The van der Waals surface area contributed by atoms with Crippen LogP contribution >= 0.6 is 40.7 Å². The minimum atomic E-state index is 0. The number of aryl methyl sites for hydroxylation is 1. The van der Waals surface area contributed by atoms with Crippen molar-refractivity contribution in [3.63, 3.8) is 0 Å². The Balaban J connectivity index is 0.00000162. The number of benzene rings is 1. The summed E-state index contributed by atoms with van der Waals surface area (Å²) in [5, 5.41) is 13.5. The van der Waals surface area contributed by atoms with Gasteiger partial charge in [-0.25, -0.2) is 0 Å². The maximum Gasteiger partial charge on any atom is 0.123 e. The third kappa shape index (κ3) is 4.50. The summed E-state index contributed by atoms with van der Waals surface area (Å²) >= 11 is 3.50. The molecule has 6 heteroatoms. The van der Waals surface area contributed by atoms with Gasteiger partial charge in [0, 0.05) is 42.3 Å². The predicted octanol–water partition coefficient (Wildman–Crippen LogP) is 3.27. The van der Waals surface area contributed by atoms with Crippen LogP contribution in [0.2, 0.25) is 0 Å². The van der Waals surface area contributed by atoms with Crippen molar-refractivity contribution in [2.45, 2.75) is 19.9 Å². The molecule has 0 aromatic heterocycles. The summed E-state index contributed by atoms with van der Waals surface area (Å²) in [5.74, 6) is 0.430. The second-order valence-corrected chi connectivity index (χ2v) is 5.54. The van der Waals surface area contributed by atoms with Gasteiger partial charge in [-0.15, -0.1) is 24.8 Å². The molecule has 1 aromatic carbocycles. The quantitative estimate of drug-likeness (QED) is 0.837. The van der Waals surface area contributed by atoms with Crippen molar-refractivity contribution in [2.24, 2.45) is 0 Å². The topological polar surface area (TPSA) is 35.5 Å². The van der Waals surface area contributed by atoms with Crippen LogP contribution in [0.1, 0.15) is 24.1 Å². The summed E-state index contributed by atoms with van der Waals surface area (Å²) in [4.78, 5) is 2.40. The minimum Gasteiger partial charge on any atom is -0.507 e. The Morgan fingerprint density at radius 2 is 1.84 bits per heavy atom. The molecule has 3 nitrogen and oxygen atoms in total. The van der Waals surface area contributed by atoms with E-state index in [9.17, 15) is 5.11 Å². The van der Waals surface area contributed by atoms with Gasteiger partial charge in [0.2, 0.25) is 0 Å². The van der Waals surface area contributed by atoms with E-state index < -0.39 is 0 Å². The molecule has 1 aromatic rings. The first-order chi connectivity index (χ1) is 8.09. The molecule has 1 aliphatic rings. The van der Waals surface area contributed by atoms with Gasteiger partial charge >= 0.3 is 0 Å². The van der Waals surface area contributed by atoms with Crippen molar-refractivity contribution < 1.29 is 5.11 Å². The predicted molar refractivity (Wildman–Crippen MR) is 87.9 cm³/mol. The second kappa shape index (κ2) is 8.32. The lowest BCUT2D eigenvalue weighted by atomic mass is 10.0. The fraction of sp³-hybridized carbons (Fsp3) is 0.538. The van der Waals surface area contributed by atoms with Crippen molar-refractivity contribution in [3.8, 4) is 5.75 Å². The van der Waals surface area contributed by atoms with Crippen molar-refractivity contribution in [3.05, 3.63) is 27.7 Å². The van der Waals surface area contributed by atoms with Gasteiger partial charge < -0.3 is 10.4 Å². The van der Waals surface area contributed by atoms with Crippen LogP contribution in [-0.2, 0) is 0 Å². The highest BCUT2D eigenvalue weighted by molar-refractivity contribution is 9.10. The number of piperazine rings is 1. The Hall–Kier alpha value is -0.000000000000000111. The molecule has 2 N–H and O–H groups in total. The second-order valence-electron chi connectivity index (χ2n) is 4.62. The van der Waals surface area contributed by atoms with Crippen LogP contribution < -0.4 is 5.32 Å². The van der Waals surface area contributed by atoms with Gasteiger partial charge in [-0.2, -0.15) is 0 Å². The van der Waals surface area contributed by atoms with Crippen molar-refractivity contribution in [2.75, 3.05) is 26.2 Å². The Morgan fingerprint density at radius 1 is 1.26 bits per heavy atom. The number of nitrogens with one attached hydrogen (secondary N) is 1. The molecule has 1 aliphatic heterocycles. The van der Waals surface area contributed by atoms with E-state index in [1.165, 1.54) is 0 Å². The summed E-state index contributed by atoms with van der Waals surface area (Å²) in [5.41, 5.74) is 1.94. The molecule has 2 rings (SSSR count). The monoisotopic (exact) mass is 370 g/mol. The van der Waals surface area contributed by atoms with Crippen LogP contribution in [0, 0.1) is 6.92 Å². The molecule has 1 heterocycles. The first-order valence-electron chi connectivity index (χ1n) is 6.03. The van der Waals surface area contributed by atoms with Crippen LogP contribution in [-0.4, -0.2) is 36.2 Å². The maximum atomic E-state index is 10.2. The number of hydrogen-bond acceptors (Lipinski definition) is 3. The van der Waals surface area contributed by atoms with Crippen LogP contribution in [0.3, 0.4) is 0 Å². The maximum absolute atomic E-state index is 10.2. The standard InChI is InChI=1S/C13H19BrN2O.2ClH/c1-9-7-11(14)8-12(13(9)17)10(2)16-5-3-15-4-6-16;;/h7-8,10,15,17H,3-6H2,1-2H3;2*1H/t10-;;/m0../s1. The van der Waals surface area contributed by atoms with Crippen molar-refractivity contribution >= 4 is 40.7 Å². The van der Waals surface area contributed by atoms with E-state index >= 15 is 0 Å². The SMILES string of the molecule is Cc1cc(Br)cc([C@H](C)N2CCNCC2)c1O.Cl.Cl. The molecule has 19 heavy (non-hydrogen) atoms. The number of rotatable bonds is 2. The smallest absolute Gasteiger partial charge is 0.123 e. The molecule has 0 bridgehead atoms. The molecule has 110 valence electrons. The molecule has 1 fully saturated rings. The number of phenolic OH excluding ortho intramolecular Hbond substituents is 1. The zero-order valence-electron chi connectivity index (χ0n) is 11.1. The molecule has 0 unspecified atom stereocenters. The highest BCUT2D eigenvalue weighted by atomic mass is 79.9. The average molecular weight is 372 g/mol. The number of phenols is 1. The molecule has 0 radical (unpaired) electrons. The van der Waals surface area contributed by atoms with Crippen molar-refractivity contribution in [1.82, 2.24) is 10.2 Å². The highest BCUT2D eigenvalue weighted by Crippen LogP contribution is 2.33. The van der Waals surface area contributed by atoms with Crippen LogP contribution in [0.15, 0.2) is 16.6 Å². The first-order valence-corrected chi connectivity index (χ1v) is 6.82. The van der Waals surface area contributed by atoms with Gasteiger partial charge in [-0.3, -0.25) is 4.90 Å². The van der Waals surface area contributed by atoms with Gasteiger partial charge in [0.25, 0.3) is 0 Å². The third-order valence-electron chi connectivity index (χ3n) is 3.44. The number of nitrogens with zero attached hydrogens (tertiary/aromatic N) is 1. The van der Waals surface area contributed by atoms with Gasteiger partial charge in [0.15, 0.2) is 0 Å². The number of halogens is 3. The van der Waals surface area contributed by atoms with E-state index in [0.29, 0.717) is 5.75 Å². The first kappa shape index (κ1) is 19.0. The minimum absolute atomic E-state index is 0. The van der Waals surface area contributed by atoms with Gasteiger partial charge in [0.1, 0.15) is 5.75 Å². The summed E-state index contributed by atoms with van der Waals surface area (Å²) in [6, 6.07) is 4.23. The Bertz CT molecular complexity index is 412. The summed E-state index contributed by atoms with van der Waals surface area (Å²) in [6.07, 6.45) is 0. The van der Waals surface area contributed by atoms with E-state index in [-0.39, 0.29) is 30.9 Å². The molecular weight excluding hydrogens is 351 g/mol. The number of aromatic hydroxyl groups is 1. The van der Waals surface area contributed by atoms with E-state index in [0.717, 1.165) is 41.8 Å². The van der Waals surface area contributed by atoms with Crippen LogP contribution in [0.5, 0.6) is 5.75 Å². The van der Waals surface area contributed by atoms with Crippen molar-refractivity contribution in [1.29, 1.82) is 0 Å². The van der Waals surface area contributed by atoms with Gasteiger partial charge in [-0.1, -0.05) is 15.9 Å². The fourth-order valence-electron chi connectivity index (χ4n) is 2.35. The molecular formula is C13H21BrCl2N2O. The summed E-state index contributed by atoms with van der Waals surface area (Å²) in [7, 11) is 0. The number of hydrogen-bond donors (Lipinski definition) is 2. The zero-order chi connectivity index (χ0) is 12.4. The largest absolute Gasteiger partial charge is 0.507 e. The highest BCUT2D eigenvalue weighted by Gasteiger charge is 2.21. The molecule has 0 spiro atoms. The molecule has 1 atom stereocenters. The Kier molecular flexibility index (Phi) is 8.32. The Morgan fingerprint density at radius 3 is 2.42 bits per heavy atom. The average Bonchev–Trinajstić information content (AvgIpc) is 2.34. The normalized spacial score (nSPS) is 17.2. The summed E-state index contributed by atoms with van der Waals surface area (Å²) < 4.78 is 1.03. The third-order valence-corrected chi connectivity index (χ3v) is 3.90. The zero-order valence-corrected chi connectivity index (χ0v) is 14.4. The summed E-state index contributed by atoms with van der Waals surface area (Å²) in [6.45, 7) is 8.22. The van der Waals surface area contributed by atoms with Crippen LogP contribution in [0.25, 0.3) is 0 Å². The van der Waals surface area contributed by atoms with E-state index in [2.05, 4.69) is 33.1 Å².